The number of hydrogen-bond acceptors (Lipinski definition) is 4. The summed E-state index contributed by atoms with van der Waals surface area (Å²) in [5, 5.41) is 10.3. The molecule has 0 radical (unpaired) electrons. The van der Waals surface area contributed by atoms with E-state index in [0.717, 1.165) is 10.1 Å². The number of ether oxygens (including phenoxy) is 1. The Balaban J connectivity index is 2.01. The number of aliphatic carboxylic acids is 1. The van der Waals surface area contributed by atoms with Crippen molar-refractivity contribution in [2.75, 3.05) is 13.7 Å². The molecular weight excluding hydrogens is 326 g/mol. The Morgan fingerprint density at radius 1 is 1.45 bits per heavy atom. The van der Waals surface area contributed by atoms with Crippen LogP contribution in [-0.2, 0) is 4.79 Å². The highest BCUT2D eigenvalue weighted by molar-refractivity contribution is 7.21. The molecule has 1 aromatic carbocycles. The zero-order valence-corrected chi connectivity index (χ0v) is 13.4. The van der Waals surface area contributed by atoms with Crippen LogP contribution in [0.15, 0.2) is 18.2 Å². The van der Waals surface area contributed by atoms with Crippen molar-refractivity contribution < 1.29 is 19.4 Å². The van der Waals surface area contributed by atoms with Gasteiger partial charge in [-0.15, -0.1) is 11.3 Å². The van der Waals surface area contributed by atoms with E-state index in [9.17, 15) is 14.7 Å². The number of thiophene rings is 1. The van der Waals surface area contributed by atoms with E-state index < -0.39 is 12.0 Å². The number of carbonyl (C=O) groups is 2. The first-order valence-corrected chi connectivity index (χ1v) is 8.02. The average Bonchev–Trinajstić information content (AvgIpc) is 3.11. The molecular formula is C15H14ClNO4S. The van der Waals surface area contributed by atoms with Gasteiger partial charge in [0, 0.05) is 16.6 Å². The molecule has 5 nitrogen and oxygen atoms in total. The molecule has 1 amide bonds. The van der Waals surface area contributed by atoms with E-state index in [0.29, 0.717) is 35.0 Å². The molecule has 1 aromatic heterocycles. The Kier molecular flexibility index (Phi) is 3.97. The van der Waals surface area contributed by atoms with Crippen molar-refractivity contribution in [3.63, 3.8) is 0 Å². The summed E-state index contributed by atoms with van der Waals surface area (Å²) in [5.41, 5.74) is 0. The third kappa shape index (κ3) is 2.42. The lowest BCUT2D eigenvalue weighted by Crippen LogP contribution is -2.40. The molecule has 7 heteroatoms. The molecule has 1 saturated heterocycles. The number of methoxy groups -OCH3 is 1. The average molecular weight is 340 g/mol. The van der Waals surface area contributed by atoms with Crippen molar-refractivity contribution in [1.29, 1.82) is 0 Å². The number of benzene rings is 1. The Bertz CT molecular complexity index is 757. The van der Waals surface area contributed by atoms with Crippen molar-refractivity contribution in [2.45, 2.75) is 18.9 Å². The fourth-order valence-electron chi connectivity index (χ4n) is 2.71. The van der Waals surface area contributed by atoms with Crippen LogP contribution in [-0.4, -0.2) is 41.6 Å². The number of nitrogens with zero attached hydrogens (tertiary/aromatic N) is 1. The lowest BCUT2D eigenvalue weighted by Gasteiger charge is -2.20. The van der Waals surface area contributed by atoms with E-state index in [1.54, 1.807) is 19.2 Å². The van der Waals surface area contributed by atoms with Crippen molar-refractivity contribution >= 4 is 44.9 Å². The van der Waals surface area contributed by atoms with E-state index in [4.69, 9.17) is 16.3 Å². The van der Waals surface area contributed by atoms with Crippen LogP contribution in [0.5, 0.6) is 5.75 Å². The SMILES string of the molecule is COc1ccc2sc(C(=O)N3CCCC3C(=O)O)c(Cl)c2c1. The van der Waals surface area contributed by atoms with Crippen LogP contribution in [0.2, 0.25) is 5.02 Å². The molecule has 0 aliphatic carbocycles. The van der Waals surface area contributed by atoms with Gasteiger partial charge in [0.15, 0.2) is 0 Å². The van der Waals surface area contributed by atoms with E-state index in [2.05, 4.69) is 0 Å². The summed E-state index contributed by atoms with van der Waals surface area (Å²) in [6, 6.07) is 4.67. The minimum absolute atomic E-state index is 0.310. The molecule has 1 atom stereocenters. The van der Waals surface area contributed by atoms with Gasteiger partial charge in [-0.25, -0.2) is 4.79 Å². The summed E-state index contributed by atoms with van der Waals surface area (Å²) in [6.45, 7) is 0.448. The van der Waals surface area contributed by atoms with Crippen molar-refractivity contribution in [1.82, 2.24) is 4.90 Å². The Hall–Kier alpha value is -1.79. The van der Waals surface area contributed by atoms with Gasteiger partial charge in [-0.05, 0) is 31.0 Å². The maximum atomic E-state index is 12.7. The van der Waals surface area contributed by atoms with E-state index >= 15 is 0 Å². The van der Waals surface area contributed by atoms with Gasteiger partial charge in [0.25, 0.3) is 5.91 Å². The Morgan fingerprint density at radius 3 is 2.91 bits per heavy atom. The van der Waals surface area contributed by atoms with Gasteiger partial charge >= 0.3 is 5.97 Å². The van der Waals surface area contributed by atoms with Gasteiger partial charge < -0.3 is 14.7 Å². The molecule has 2 heterocycles. The minimum Gasteiger partial charge on any atom is -0.497 e. The van der Waals surface area contributed by atoms with Gasteiger partial charge in [0.2, 0.25) is 0 Å². The third-order valence-corrected chi connectivity index (χ3v) is 5.49. The summed E-state index contributed by atoms with van der Waals surface area (Å²) < 4.78 is 6.04. The first-order chi connectivity index (χ1) is 10.5. The molecule has 1 aliphatic rings. The second kappa shape index (κ2) is 5.78. The van der Waals surface area contributed by atoms with Crippen LogP contribution in [0.3, 0.4) is 0 Å². The monoisotopic (exact) mass is 339 g/mol. The number of fused-ring (bicyclic) bond motifs is 1. The van der Waals surface area contributed by atoms with Gasteiger partial charge in [0.05, 0.1) is 12.1 Å². The van der Waals surface area contributed by atoms with E-state index in [1.807, 2.05) is 6.07 Å². The highest BCUT2D eigenvalue weighted by atomic mass is 35.5. The lowest BCUT2D eigenvalue weighted by atomic mass is 10.2. The van der Waals surface area contributed by atoms with Crippen LogP contribution in [0.1, 0.15) is 22.5 Å². The fourth-order valence-corrected chi connectivity index (χ4v) is 4.15. The van der Waals surface area contributed by atoms with Gasteiger partial charge in [-0.3, -0.25) is 4.79 Å². The van der Waals surface area contributed by atoms with Gasteiger partial charge in [-0.2, -0.15) is 0 Å². The van der Waals surface area contributed by atoms with Crippen molar-refractivity contribution in [3.05, 3.63) is 28.1 Å². The number of hydrogen-bond donors (Lipinski definition) is 1. The number of carboxylic acid groups (broad SMARTS) is 1. The maximum absolute atomic E-state index is 12.7. The molecule has 2 aromatic rings. The quantitative estimate of drug-likeness (QED) is 0.932. The van der Waals surface area contributed by atoms with Gasteiger partial charge in [0.1, 0.15) is 16.7 Å². The maximum Gasteiger partial charge on any atom is 0.326 e. The number of carbonyl (C=O) groups excluding carboxylic acids is 1. The molecule has 3 rings (SSSR count). The molecule has 0 spiro atoms. The molecule has 0 bridgehead atoms. The number of halogens is 1. The summed E-state index contributed by atoms with van der Waals surface area (Å²) in [7, 11) is 1.56. The van der Waals surface area contributed by atoms with Crippen LogP contribution >= 0.6 is 22.9 Å². The van der Waals surface area contributed by atoms with Crippen LogP contribution in [0, 0.1) is 0 Å². The smallest absolute Gasteiger partial charge is 0.326 e. The van der Waals surface area contributed by atoms with E-state index in [1.165, 1.54) is 16.2 Å². The van der Waals surface area contributed by atoms with Crippen molar-refractivity contribution in [3.8, 4) is 5.75 Å². The first-order valence-electron chi connectivity index (χ1n) is 6.82. The third-order valence-electron chi connectivity index (χ3n) is 3.83. The molecule has 0 saturated carbocycles. The Labute approximate surface area is 136 Å². The molecule has 1 N–H and O–H groups in total. The Morgan fingerprint density at radius 2 is 2.23 bits per heavy atom. The minimum atomic E-state index is -0.968. The summed E-state index contributed by atoms with van der Waals surface area (Å²) in [6.07, 6.45) is 1.18. The van der Waals surface area contributed by atoms with Crippen LogP contribution in [0.4, 0.5) is 0 Å². The van der Waals surface area contributed by atoms with E-state index in [-0.39, 0.29) is 5.91 Å². The molecule has 116 valence electrons. The van der Waals surface area contributed by atoms with Crippen LogP contribution in [0.25, 0.3) is 10.1 Å². The summed E-state index contributed by atoms with van der Waals surface area (Å²) in [5.74, 6) is -0.615. The number of amides is 1. The number of carboxylic acids is 1. The number of rotatable bonds is 3. The predicted molar refractivity (Wildman–Crippen MR) is 85.1 cm³/mol. The molecule has 22 heavy (non-hydrogen) atoms. The molecule has 1 fully saturated rings. The zero-order chi connectivity index (χ0) is 15.9. The number of likely N-dealkylation sites (tertiary alicyclic amines) is 1. The topological polar surface area (TPSA) is 66.8 Å². The molecule has 1 unspecified atom stereocenters. The predicted octanol–water partition coefficient (Wildman–Crippen LogP) is 3.25. The first kappa shape index (κ1) is 15.1. The highest BCUT2D eigenvalue weighted by Crippen LogP contribution is 2.38. The largest absolute Gasteiger partial charge is 0.497 e. The summed E-state index contributed by atoms with van der Waals surface area (Å²) in [4.78, 5) is 25.7. The van der Waals surface area contributed by atoms with Crippen molar-refractivity contribution in [2.24, 2.45) is 0 Å². The molecule has 1 aliphatic heterocycles. The standard InChI is InChI=1S/C15H14ClNO4S/c1-21-8-4-5-11-9(7-8)12(16)13(22-11)14(18)17-6-2-3-10(17)15(19)20/h4-5,7,10H,2-3,6H2,1H3,(H,19,20). The second-order valence-corrected chi connectivity index (χ2v) is 6.53. The lowest BCUT2D eigenvalue weighted by molar-refractivity contribution is -0.141. The highest BCUT2D eigenvalue weighted by Gasteiger charge is 2.36. The fraction of sp³-hybridized carbons (Fsp3) is 0.333. The second-order valence-electron chi connectivity index (χ2n) is 5.10. The van der Waals surface area contributed by atoms with Gasteiger partial charge in [-0.1, -0.05) is 11.6 Å². The zero-order valence-electron chi connectivity index (χ0n) is 11.8. The normalized spacial score (nSPS) is 17.9. The summed E-state index contributed by atoms with van der Waals surface area (Å²) >= 11 is 7.63. The van der Waals surface area contributed by atoms with Crippen LogP contribution < -0.4 is 4.74 Å².